The van der Waals surface area contributed by atoms with Gasteiger partial charge in [0.2, 0.25) is 0 Å². The van der Waals surface area contributed by atoms with Crippen LogP contribution in [0.15, 0.2) is 81.0 Å². The van der Waals surface area contributed by atoms with Crippen LogP contribution in [0.5, 0.6) is 0 Å². The summed E-state index contributed by atoms with van der Waals surface area (Å²) >= 11 is 3.17. The van der Waals surface area contributed by atoms with Crippen LogP contribution in [0.1, 0.15) is 87.4 Å². The molecule has 0 saturated carbocycles. The van der Waals surface area contributed by atoms with Crippen molar-refractivity contribution in [2.45, 2.75) is 102 Å². The second-order valence-corrected chi connectivity index (χ2v) is 14.9. The number of aromatic nitrogens is 4. The lowest BCUT2D eigenvalue weighted by Gasteiger charge is -2.39. The van der Waals surface area contributed by atoms with Crippen molar-refractivity contribution in [1.82, 2.24) is 19.9 Å². The van der Waals surface area contributed by atoms with E-state index >= 15 is 0 Å². The summed E-state index contributed by atoms with van der Waals surface area (Å²) in [6, 6.07) is 17.3. The Bertz CT molecular complexity index is 1360. The zero-order valence-electron chi connectivity index (χ0n) is 25.9. The minimum Gasteiger partial charge on any atom is -0.365 e. The molecule has 0 aliphatic carbocycles. The number of hydrogen-bond acceptors (Lipinski definition) is 7. The maximum atomic E-state index is 7.06. The molecule has 0 aliphatic rings. The molecule has 0 saturated heterocycles. The third kappa shape index (κ3) is 8.18. The SMILES string of the molecule is Cc1cnc(Sc2ccc(C(OC(c3ccc(Sc4ncc(C)c(C)n4)cc3)C(C)(C)C)C(C)(C)C)cc2)nc1C. The molecule has 0 amide bonds. The van der Waals surface area contributed by atoms with Crippen LogP contribution in [-0.2, 0) is 4.74 Å². The summed E-state index contributed by atoms with van der Waals surface area (Å²) in [5.74, 6) is 0. The summed E-state index contributed by atoms with van der Waals surface area (Å²) in [7, 11) is 0. The molecule has 0 radical (unpaired) electrons. The van der Waals surface area contributed by atoms with Crippen molar-refractivity contribution in [2.75, 3.05) is 0 Å². The van der Waals surface area contributed by atoms with E-state index in [0.29, 0.717) is 0 Å². The van der Waals surface area contributed by atoms with Gasteiger partial charge in [-0.3, -0.25) is 0 Å². The molecule has 7 heteroatoms. The lowest BCUT2D eigenvalue weighted by Crippen LogP contribution is -2.29. The maximum absolute atomic E-state index is 7.06. The molecule has 0 fully saturated rings. The van der Waals surface area contributed by atoms with Crippen LogP contribution >= 0.6 is 23.5 Å². The first-order valence-corrected chi connectivity index (χ1v) is 15.7. The van der Waals surface area contributed by atoms with Crippen molar-refractivity contribution in [3.8, 4) is 0 Å². The molecular formula is C34H42N4OS2. The van der Waals surface area contributed by atoms with E-state index in [1.54, 1.807) is 23.5 Å². The molecule has 4 rings (SSSR count). The summed E-state index contributed by atoms with van der Waals surface area (Å²) in [6.45, 7) is 21.6. The minimum atomic E-state index is -0.105. The molecule has 216 valence electrons. The monoisotopic (exact) mass is 586 g/mol. The van der Waals surface area contributed by atoms with Crippen molar-refractivity contribution in [2.24, 2.45) is 10.8 Å². The van der Waals surface area contributed by atoms with Gasteiger partial charge >= 0.3 is 0 Å². The Hall–Kier alpha value is -2.74. The first kappa shape index (κ1) is 31.2. The molecular weight excluding hydrogens is 545 g/mol. The van der Waals surface area contributed by atoms with Crippen molar-refractivity contribution in [3.63, 3.8) is 0 Å². The van der Waals surface area contributed by atoms with Gasteiger partial charge in [0.05, 0.1) is 12.2 Å². The number of nitrogens with zero attached hydrogens (tertiary/aromatic N) is 4. The van der Waals surface area contributed by atoms with Gasteiger partial charge in [0.15, 0.2) is 10.3 Å². The molecule has 0 spiro atoms. The van der Waals surface area contributed by atoms with Crippen LogP contribution < -0.4 is 0 Å². The Morgan fingerprint density at radius 1 is 0.561 bits per heavy atom. The highest BCUT2D eigenvalue weighted by Gasteiger charge is 2.35. The number of ether oxygens (including phenoxy) is 1. The fourth-order valence-corrected chi connectivity index (χ4v) is 5.99. The van der Waals surface area contributed by atoms with Gasteiger partial charge in [-0.05, 0) is 109 Å². The number of hydrogen-bond donors (Lipinski definition) is 0. The normalized spacial score (nSPS) is 13.7. The van der Waals surface area contributed by atoms with Gasteiger partial charge in [-0.25, -0.2) is 19.9 Å². The molecule has 41 heavy (non-hydrogen) atoms. The average Bonchev–Trinajstić information content (AvgIpc) is 2.89. The van der Waals surface area contributed by atoms with Crippen LogP contribution in [-0.4, -0.2) is 19.9 Å². The van der Waals surface area contributed by atoms with E-state index in [9.17, 15) is 0 Å². The molecule has 0 bridgehead atoms. The molecule has 2 aromatic carbocycles. The molecule has 4 aromatic rings. The smallest absolute Gasteiger partial charge is 0.192 e. The van der Waals surface area contributed by atoms with E-state index in [2.05, 4.69) is 110 Å². The quantitative estimate of drug-likeness (QED) is 0.190. The van der Waals surface area contributed by atoms with Crippen molar-refractivity contribution in [1.29, 1.82) is 0 Å². The van der Waals surface area contributed by atoms with E-state index < -0.39 is 0 Å². The van der Waals surface area contributed by atoms with E-state index in [0.717, 1.165) is 53.7 Å². The minimum absolute atomic E-state index is 0.0957. The third-order valence-corrected chi connectivity index (χ3v) is 8.81. The largest absolute Gasteiger partial charge is 0.365 e. The molecule has 2 heterocycles. The summed E-state index contributed by atoms with van der Waals surface area (Å²) < 4.78 is 7.06. The van der Waals surface area contributed by atoms with Gasteiger partial charge in [-0.15, -0.1) is 0 Å². The Morgan fingerprint density at radius 3 is 1.20 bits per heavy atom. The Labute approximate surface area is 254 Å². The fraction of sp³-hybridized carbons (Fsp3) is 0.412. The summed E-state index contributed by atoms with van der Waals surface area (Å²) in [5, 5.41) is 1.53. The van der Waals surface area contributed by atoms with Crippen LogP contribution in [0.4, 0.5) is 0 Å². The lowest BCUT2D eigenvalue weighted by atomic mass is 9.81. The van der Waals surface area contributed by atoms with Crippen LogP contribution in [0.25, 0.3) is 0 Å². The van der Waals surface area contributed by atoms with E-state index in [1.165, 1.54) is 0 Å². The van der Waals surface area contributed by atoms with Crippen molar-refractivity contribution in [3.05, 3.63) is 94.6 Å². The average molecular weight is 587 g/mol. The summed E-state index contributed by atoms with van der Waals surface area (Å²) in [6.07, 6.45) is 3.58. The van der Waals surface area contributed by atoms with E-state index in [-0.39, 0.29) is 23.0 Å². The van der Waals surface area contributed by atoms with Crippen molar-refractivity contribution >= 4 is 23.5 Å². The molecule has 2 atom stereocenters. The topological polar surface area (TPSA) is 60.8 Å². The van der Waals surface area contributed by atoms with Gasteiger partial charge in [-0.1, -0.05) is 65.8 Å². The standard InChI is InChI=1S/C34H42N4OS2/c1-21-19-35-31(37-23(21)3)40-27-15-11-25(12-16-27)29(33(5,6)7)39-30(34(8,9)10)26-13-17-28(18-14-26)41-32-36-20-22(2)24(4)38-32/h11-20,29-30H,1-10H3. The Morgan fingerprint density at radius 2 is 0.902 bits per heavy atom. The van der Waals surface area contributed by atoms with Crippen LogP contribution in [0.3, 0.4) is 0 Å². The van der Waals surface area contributed by atoms with E-state index in [4.69, 9.17) is 4.74 Å². The number of benzene rings is 2. The van der Waals surface area contributed by atoms with Gasteiger partial charge in [0.25, 0.3) is 0 Å². The lowest BCUT2D eigenvalue weighted by molar-refractivity contribution is -0.112. The van der Waals surface area contributed by atoms with Gasteiger partial charge in [0.1, 0.15) is 0 Å². The predicted octanol–water partition coefficient (Wildman–Crippen LogP) is 9.69. The highest BCUT2D eigenvalue weighted by Crippen LogP contribution is 2.46. The molecule has 0 N–H and O–H groups in total. The fourth-order valence-electron chi connectivity index (χ4n) is 4.44. The molecule has 0 aliphatic heterocycles. The number of rotatable bonds is 8. The highest BCUT2D eigenvalue weighted by molar-refractivity contribution is 7.99. The van der Waals surface area contributed by atoms with Gasteiger partial charge in [-0.2, -0.15) is 0 Å². The number of aryl methyl sites for hydroxylation is 4. The second kappa shape index (κ2) is 12.6. The van der Waals surface area contributed by atoms with Crippen LogP contribution in [0.2, 0.25) is 0 Å². The second-order valence-electron chi connectivity index (χ2n) is 12.8. The van der Waals surface area contributed by atoms with Crippen LogP contribution in [0, 0.1) is 38.5 Å². The Balaban J connectivity index is 1.55. The van der Waals surface area contributed by atoms with Gasteiger partial charge < -0.3 is 4.74 Å². The molecule has 2 unspecified atom stereocenters. The maximum Gasteiger partial charge on any atom is 0.192 e. The zero-order chi connectivity index (χ0) is 29.9. The predicted molar refractivity (Wildman–Crippen MR) is 170 cm³/mol. The molecule has 5 nitrogen and oxygen atoms in total. The molecule has 2 aromatic heterocycles. The highest BCUT2D eigenvalue weighted by atomic mass is 32.2. The summed E-state index contributed by atoms with van der Waals surface area (Å²) in [5.41, 5.74) is 6.35. The zero-order valence-corrected chi connectivity index (χ0v) is 27.6. The van der Waals surface area contributed by atoms with E-state index in [1.807, 2.05) is 40.1 Å². The summed E-state index contributed by atoms with van der Waals surface area (Å²) in [4.78, 5) is 20.4. The Kier molecular flexibility index (Phi) is 9.62. The first-order chi connectivity index (χ1) is 19.2. The first-order valence-electron chi connectivity index (χ1n) is 14.0. The third-order valence-electron chi connectivity index (χ3n) is 7.03. The van der Waals surface area contributed by atoms with Crippen molar-refractivity contribution < 1.29 is 4.74 Å². The van der Waals surface area contributed by atoms with Gasteiger partial charge in [0, 0.05) is 33.6 Å².